The Hall–Kier alpha value is -0.0800. The third-order valence-electron chi connectivity index (χ3n) is 2.93. The van der Waals surface area contributed by atoms with Crippen LogP contribution in [-0.2, 0) is 4.74 Å². The van der Waals surface area contributed by atoms with Crippen LogP contribution in [0.25, 0.3) is 0 Å². The Morgan fingerprint density at radius 3 is 2.50 bits per heavy atom. The van der Waals surface area contributed by atoms with Crippen molar-refractivity contribution in [3.8, 4) is 0 Å². The van der Waals surface area contributed by atoms with Gasteiger partial charge in [-0.25, -0.2) is 0 Å². The van der Waals surface area contributed by atoms with Crippen LogP contribution in [0.2, 0.25) is 0 Å². The second kappa shape index (κ2) is 2.21. The molecule has 2 fully saturated rings. The van der Waals surface area contributed by atoms with Crippen molar-refractivity contribution < 1.29 is 4.74 Å². The molecule has 1 N–H and O–H groups in total. The molecule has 0 amide bonds. The van der Waals surface area contributed by atoms with Crippen molar-refractivity contribution in [2.75, 3.05) is 26.8 Å². The lowest BCUT2D eigenvalue weighted by Crippen LogP contribution is -2.40. The predicted octanol–water partition coefficient (Wildman–Crippen LogP) is 0.632. The SMILES string of the molecule is CNCC1(C2COC2)CC1. The molecule has 2 rings (SSSR count). The standard InChI is InChI=1S/C8H15NO/c1-9-6-8(2-3-8)7-4-10-5-7/h7,9H,2-6H2,1H3. The second-order valence-electron chi connectivity index (χ2n) is 3.63. The maximum atomic E-state index is 5.18. The molecule has 1 saturated carbocycles. The van der Waals surface area contributed by atoms with Gasteiger partial charge in [-0.05, 0) is 25.3 Å². The normalized spacial score (nSPS) is 29.7. The van der Waals surface area contributed by atoms with E-state index in [-0.39, 0.29) is 0 Å². The average Bonchev–Trinajstić information content (AvgIpc) is 2.44. The van der Waals surface area contributed by atoms with E-state index in [1.165, 1.54) is 19.4 Å². The molecule has 0 bridgehead atoms. The van der Waals surface area contributed by atoms with Crippen LogP contribution in [0.4, 0.5) is 0 Å². The Kier molecular flexibility index (Phi) is 1.46. The van der Waals surface area contributed by atoms with E-state index in [1.54, 1.807) is 0 Å². The van der Waals surface area contributed by atoms with E-state index in [9.17, 15) is 0 Å². The summed E-state index contributed by atoms with van der Waals surface area (Å²) in [7, 11) is 2.04. The van der Waals surface area contributed by atoms with Crippen LogP contribution < -0.4 is 5.32 Å². The molecule has 10 heavy (non-hydrogen) atoms. The van der Waals surface area contributed by atoms with Gasteiger partial charge in [0, 0.05) is 12.5 Å². The zero-order chi connectivity index (χ0) is 7.03. The van der Waals surface area contributed by atoms with Crippen LogP contribution >= 0.6 is 0 Å². The molecule has 2 nitrogen and oxygen atoms in total. The Morgan fingerprint density at radius 2 is 2.20 bits per heavy atom. The minimum atomic E-state index is 0.660. The first-order valence-corrected chi connectivity index (χ1v) is 4.10. The fraction of sp³-hybridized carbons (Fsp3) is 1.00. The van der Waals surface area contributed by atoms with E-state index in [2.05, 4.69) is 5.32 Å². The first-order valence-electron chi connectivity index (χ1n) is 4.10. The summed E-state index contributed by atoms with van der Waals surface area (Å²) in [6.45, 7) is 3.23. The molecule has 0 atom stereocenters. The van der Waals surface area contributed by atoms with Gasteiger partial charge in [-0.3, -0.25) is 0 Å². The van der Waals surface area contributed by atoms with Gasteiger partial charge < -0.3 is 10.1 Å². The fourth-order valence-corrected chi connectivity index (χ4v) is 1.83. The number of rotatable bonds is 3. The Labute approximate surface area is 61.9 Å². The van der Waals surface area contributed by atoms with Crippen molar-refractivity contribution in [1.82, 2.24) is 5.32 Å². The molecule has 1 aliphatic heterocycles. The molecule has 0 spiro atoms. The van der Waals surface area contributed by atoms with E-state index in [0.717, 1.165) is 19.1 Å². The minimum Gasteiger partial charge on any atom is -0.381 e. The summed E-state index contributed by atoms with van der Waals surface area (Å²) in [6, 6.07) is 0. The lowest BCUT2D eigenvalue weighted by molar-refractivity contribution is -0.0677. The van der Waals surface area contributed by atoms with Gasteiger partial charge in [-0.1, -0.05) is 0 Å². The van der Waals surface area contributed by atoms with Crippen LogP contribution in [0, 0.1) is 11.3 Å². The Bertz CT molecular complexity index is 127. The minimum absolute atomic E-state index is 0.660. The molecule has 0 aromatic rings. The van der Waals surface area contributed by atoms with Gasteiger partial charge in [0.25, 0.3) is 0 Å². The Morgan fingerprint density at radius 1 is 1.50 bits per heavy atom. The molecule has 0 unspecified atom stereocenters. The molecule has 1 heterocycles. The van der Waals surface area contributed by atoms with Crippen molar-refractivity contribution in [2.24, 2.45) is 11.3 Å². The molecular formula is C8H15NO. The van der Waals surface area contributed by atoms with Gasteiger partial charge in [0.15, 0.2) is 0 Å². The van der Waals surface area contributed by atoms with Gasteiger partial charge >= 0.3 is 0 Å². The maximum Gasteiger partial charge on any atom is 0.0522 e. The summed E-state index contributed by atoms with van der Waals surface area (Å²) in [6.07, 6.45) is 2.84. The zero-order valence-electron chi connectivity index (χ0n) is 6.52. The largest absolute Gasteiger partial charge is 0.381 e. The van der Waals surface area contributed by atoms with Crippen molar-refractivity contribution in [1.29, 1.82) is 0 Å². The number of hydrogen-bond acceptors (Lipinski definition) is 2. The summed E-state index contributed by atoms with van der Waals surface area (Å²) in [5.41, 5.74) is 0.660. The quantitative estimate of drug-likeness (QED) is 0.622. The molecule has 2 aliphatic rings. The summed E-state index contributed by atoms with van der Waals surface area (Å²) >= 11 is 0. The van der Waals surface area contributed by atoms with Crippen molar-refractivity contribution in [3.63, 3.8) is 0 Å². The summed E-state index contributed by atoms with van der Waals surface area (Å²) < 4.78 is 5.18. The highest BCUT2D eigenvalue weighted by atomic mass is 16.5. The molecule has 2 heteroatoms. The molecular weight excluding hydrogens is 126 g/mol. The van der Waals surface area contributed by atoms with Crippen molar-refractivity contribution >= 4 is 0 Å². The van der Waals surface area contributed by atoms with E-state index in [4.69, 9.17) is 4.74 Å². The van der Waals surface area contributed by atoms with Crippen LogP contribution in [0.3, 0.4) is 0 Å². The van der Waals surface area contributed by atoms with Crippen molar-refractivity contribution in [3.05, 3.63) is 0 Å². The van der Waals surface area contributed by atoms with E-state index in [0.29, 0.717) is 5.41 Å². The van der Waals surface area contributed by atoms with Crippen molar-refractivity contribution in [2.45, 2.75) is 12.8 Å². The third kappa shape index (κ3) is 0.867. The van der Waals surface area contributed by atoms with Crippen LogP contribution in [0.5, 0.6) is 0 Å². The van der Waals surface area contributed by atoms with Gasteiger partial charge in [-0.15, -0.1) is 0 Å². The smallest absolute Gasteiger partial charge is 0.0522 e. The number of ether oxygens (including phenoxy) is 1. The van der Waals surface area contributed by atoms with Crippen LogP contribution in [0.15, 0.2) is 0 Å². The zero-order valence-corrected chi connectivity index (χ0v) is 6.52. The fourth-order valence-electron chi connectivity index (χ4n) is 1.83. The number of hydrogen-bond donors (Lipinski definition) is 1. The molecule has 0 radical (unpaired) electrons. The van der Waals surface area contributed by atoms with E-state index in [1.807, 2.05) is 7.05 Å². The highest BCUT2D eigenvalue weighted by Gasteiger charge is 2.51. The van der Waals surface area contributed by atoms with Gasteiger partial charge in [0.05, 0.1) is 13.2 Å². The Balaban J connectivity index is 1.87. The molecule has 58 valence electrons. The monoisotopic (exact) mass is 141 g/mol. The maximum absolute atomic E-state index is 5.18. The second-order valence-corrected chi connectivity index (χ2v) is 3.63. The summed E-state index contributed by atoms with van der Waals surface area (Å²) in [5, 5.41) is 3.26. The van der Waals surface area contributed by atoms with E-state index >= 15 is 0 Å². The number of nitrogens with one attached hydrogen (secondary N) is 1. The van der Waals surface area contributed by atoms with Gasteiger partial charge in [0.1, 0.15) is 0 Å². The highest BCUT2D eigenvalue weighted by Crippen LogP contribution is 2.53. The molecule has 0 aromatic heterocycles. The van der Waals surface area contributed by atoms with E-state index < -0.39 is 0 Å². The average molecular weight is 141 g/mol. The lowest BCUT2D eigenvalue weighted by Gasteiger charge is -2.33. The van der Waals surface area contributed by atoms with Gasteiger partial charge in [-0.2, -0.15) is 0 Å². The molecule has 1 aliphatic carbocycles. The van der Waals surface area contributed by atoms with Crippen LogP contribution in [-0.4, -0.2) is 26.8 Å². The summed E-state index contributed by atoms with van der Waals surface area (Å²) in [4.78, 5) is 0. The van der Waals surface area contributed by atoms with Crippen LogP contribution in [0.1, 0.15) is 12.8 Å². The first-order chi connectivity index (χ1) is 4.87. The predicted molar refractivity (Wildman–Crippen MR) is 39.9 cm³/mol. The lowest BCUT2D eigenvalue weighted by atomic mass is 9.87. The molecule has 1 saturated heterocycles. The third-order valence-corrected chi connectivity index (χ3v) is 2.93. The molecule has 0 aromatic carbocycles. The van der Waals surface area contributed by atoms with Gasteiger partial charge in [0.2, 0.25) is 0 Å². The topological polar surface area (TPSA) is 21.3 Å². The highest BCUT2D eigenvalue weighted by molar-refractivity contribution is 5.01. The summed E-state index contributed by atoms with van der Waals surface area (Å²) in [5.74, 6) is 0.875. The first kappa shape index (κ1) is 6.62.